The van der Waals surface area contributed by atoms with Crippen LogP contribution in [0.2, 0.25) is 0 Å². The van der Waals surface area contributed by atoms with Gasteiger partial charge in [-0.05, 0) is 57.0 Å². The SMILES string of the molecule is C[C@H]1[C@H](NC(=O)c2ccc(-c3ccncc3F)n2C)C2CCN1CC2. The number of pyridine rings is 1. The van der Waals surface area contributed by atoms with E-state index in [1.165, 1.54) is 6.20 Å². The van der Waals surface area contributed by atoms with Crippen molar-refractivity contribution in [3.8, 4) is 11.3 Å². The van der Waals surface area contributed by atoms with Gasteiger partial charge in [0.1, 0.15) is 5.69 Å². The number of hydrogen-bond acceptors (Lipinski definition) is 3. The summed E-state index contributed by atoms with van der Waals surface area (Å²) in [7, 11) is 1.80. The van der Waals surface area contributed by atoms with Gasteiger partial charge in [-0.15, -0.1) is 0 Å². The van der Waals surface area contributed by atoms with Crippen molar-refractivity contribution in [1.29, 1.82) is 0 Å². The summed E-state index contributed by atoms with van der Waals surface area (Å²) in [6.45, 7) is 4.46. The molecule has 0 spiro atoms. The summed E-state index contributed by atoms with van der Waals surface area (Å²) in [5, 5.41) is 3.23. The molecule has 2 aromatic heterocycles. The molecule has 6 heteroatoms. The highest BCUT2D eigenvalue weighted by atomic mass is 19.1. The Hall–Kier alpha value is -2.21. The first kappa shape index (κ1) is 16.3. The third-order valence-corrected chi connectivity index (χ3v) is 5.88. The Bertz CT molecular complexity index is 792. The van der Waals surface area contributed by atoms with Crippen LogP contribution < -0.4 is 5.32 Å². The maximum atomic E-state index is 14.0. The summed E-state index contributed by atoms with van der Waals surface area (Å²) in [6.07, 6.45) is 5.04. The molecule has 0 aromatic carbocycles. The van der Waals surface area contributed by atoms with E-state index < -0.39 is 0 Å². The monoisotopic (exact) mass is 342 g/mol. The van der Waals surface area contributed by atoms with E-state index in [0.717, 1.165) is 25.9 Å². The number of piperidine rings is 3. The van der Waals surface area contributed by atoms with E-state index in [1.54, 1.807) is 36.0 Å². The largest absolute Gasteiger partial charge is 0.346 e. The minimum Gasteiger partial charge on any atom is -0.346 e. The number of rotatable bonds is 3. The molecule has 0 radical (unpaired) electrons. The molecular weight excluding hydrogens is 319 g/mol. The van der Waals surface area contributed by atoms with Crippen molar-refractivity contribution in [1.82, 2.24) is 19.8 Å². The predicted octanol–water partition coefficient (Wildman–Crippen LogP) is 2.44. The Labute approximate surface area is 146 Å². The Morgan fingerprint density at radius 1 is 1.28 bits per heavy atom. The molecule has 5 heterocycles. The van der Waals surface area contributed by atoms with Gasteiger partial charge in [0.2, 0.25) is 0 Å². The third-order valence-electron chi connectivity index (χ3n) is 5.88. The molecule has 1 amide bonds. The van der Waals surface area contributed by atoms with E-state index in [1.807, 2.05) is 0 Å². The van der Waals surface area contributed by atoms with Crippen molar-refractivity contribution in [3.63, 3.8) is 0 Å². The number of nitrogens with one attached hydrogen (secondary N) is 1. The fraction of sp³-hybridized carbons (Fsp3) is 0.474. The second kappa shape index (κ2) is 6.26. The summed E-state index contributed by atoms with van der Waals surface area (Å²) >= 11 is 0. The van der Waals surface area contributed by atoms with E-state index >= 15 is 0 Å². The van der Waals surface area contributed by atoms with Crippen molar-refractivity contribution >= 4 is 5.91 Å². The number of carbonyl (C=O) groups is 1. The Morgan fingerprint density at radius 3 is 2.72 bits per heavy atom. The third kappa shape index (κ3) is 2.74. The lowest BCUT2D eigenvalue weighted by Crippen LogP contribution is -2.62. The second-order valence-electron chi connectivity index (χ2n) is 7.13. The van der Waals surface area contributed by atoms with Gasteiger partial charge >= 0.3 is 0 Å². The Kier molecular flexibility index (Phi) is 4.07. The molecule has 2 bridgehead atoms. The first-order valence-electron chi connectivity index (χ1n) is 8.87. The zero-order valence-corrected chi connectivity index (χ0v) is 14.6. The molecule has 3 aliphatic rings. The van der Waals surface area contributed by atoms with Crippen LogP contribution in [-0.4, -0.2) is 45.5 Å². The first-order chi connectivity index (χ1) is 12.1. The van der Waals surface area contributed by atoms with Crippen LogP contribution in [0.4, 0.5) is 4.39 Å². The molecule has 2 atom stereocenters. The maximum Gasteiger partial charge on any atom is 0.268 e. The summed E-state index contributed by atoms with van der Waals surface area (Å²) in [4.78, 5) is 19.1. The molecular formula is C19H23FN4O. The van der Waals surface area contributed by atoms with Gasteiger partial charge in [0.05, 0.1) is 11.9 Å². The molecule has 3 fully saturated rings. The van der Waals surface area contributed by atoms with E-state index in [-0.39, 0.29) is 17.8 Å². The predicted molar refractivity (Wildman–Crippen MR) is 93.6 cm³/mol. The quantitative estimate of drug-likeness (QED) is 0.932. The van der Waals surface area contributed by atoms with Gasteiger partial charge in [-0.1, -0.05) is 0 Å². The number of carbonyl (C=O) groups excluding carboxylic acids is 1. The highest BCUT2D eigenvalue weighted by Crippen LogP contribution is 2.32. The topological polar surface area (TPSA) is 50.2 Å². The van der Waals surface area contributed by atoms with Crippen LogP contribution in [0.25, 0.3) is 11.3 Å². The molecule has 0 saturated carbocycles. The maximum absolute atomic E-state index is 14.0. The summed E-state index contributed by atoms with van der Waals surface area (Å²) in [6, 6.07) is 5.73. The number of fused-ring (bicyclic) bond motifs is 3. The van der Waals surface area contributed by atoms with Crippen molar-refractivity contribution in [2.45, 2.75) is 31.8 Å². The lowest BCUT2D eigenvalue weighted by molar-refractivity contribution is 0.0215. The van der Waals surface area contributed by atoms with Crippen LogP contribution in [0, 0.1) is 11.7 Å². The highest BCUT2D eigenvalue weighted by molar-refractivity contribution is 5.94. The molecule has 2 aromatic rings. The molecule has 25 heavy (non-hydrogen) atoms. The van der Waals surface area contributed by atoms with Crippen LogP contribution >= 0.6 is 0 Å². The van der Waals surface area contributed by atoms with E-state index in [9.17, 15) is 9.18 Å². The molecule has 5 nitrogen and oxygen atoms in total. The van der Waals surface area contributed by atoms with E-state index in [0.29, 0.717) is 28.9 Å². The standard InChI is InChI=1S/C19H23FN4O/c1-12-18(13-6-9-24(12)10-7-13)22-19(25)17-4-3-16(23(17)2)14-5-8-21-11-15(14)20/h3-5,8,11-13,18H,6-7,9-10H2,1-2H3,(H,22,25)/t12-,18-/m0/s1. The lowest BCUT2D eigenvalue weighted by Gasteiger charge is -2.49. The van der Waals surface area contributed by atoms with Gasteiger partial charge in [0.15, 0.2) is 5.82 Å². The van der Waals surface area contributed by atoms with Crippen molar-refractivity contribution < 1.29 is 9.18 Å². The Balaban J connectivity index is 1.57. The molecule has 3 saturated heterocycles. The summed E-state index contributed by atoms with van der Waals surface area (Å²) in [5.41, 5.74) is 1.68. The van der Waals surface area contributed by atoms with Gasteiger partial charge in [-0.2, -0.15) is 0 Å². The second-order valence-corrected chi connectivity index (χ2v) is 7.13. The van der Waals surface area contributed by atoms with Crippen molar-refractivity contribution in [3.05, 3.63) is 42.1 Å². The van der Waals surface area contributed by atoms with E-state index in [2.05, 4.69) is 22.1 Å². The van der Waals surface area contributed by atoms with Crippen LogP contribution in [-0.2, 0) is 7.05 Å². The number of hydrogen-bond donors (Lipinski definition) is 1. The Morgan fingerprint density at radius 2 is 2.04 bits per heavy atom. The zero-order chi connectivity index (χ0) is 17.6. The molecule has 1 N–H and O–H groups in total. The number of aromatic nitrogens is 2. The highest BCUT2D eigenvalue weighted by Gasteiger charge is 2.40. The van der Waals surface area contributed by atoms with Crippen LogP contribution in [0.1, 0.15) is 30.3 Å². The van der Waals surface area contributed by atoms with Gasteiger partial charge in [-0.3, -0.25) is 14.7 Å². The lowest BCUT2D eigenvalue weighted by atomic mass is 9.79. The minimum atomic E-state index is -0.387. The van der Waals surface area contributed by atoms with Crippen LogP contribution in [0.5, 0.6) is 0 Å². The van der Waals surface area contributed by atoms with Gasteiger partial charge in [-0.25, -0.2) is 4.39 Å². The van der Waals surface area contributed by atoms with Gasteiger partial charge in [0, 0.05) is 30.9 Å². The van der Waals surface area contributed by atoms with Crippen molar-refractivity contribution in [2.75, 3.05) is 13.1 Å². The summed E-state index contributed by atoms with van der Waals surface area (Å²) in [5.74, 6) is 0.0804. The van der Waals surface area contributed by atoms with Crippen LogP contribution in [0.15, 0.2) is 30.6 Å². The molecule has 5 rings (SSSR count). The average molecular weight is 342 g/mol. The number of halogens is 1. The van der Waals surface area contributed by atoms with Crippen LogP contribution in [0.3, 0.4) is 0 Å². The fourth-order valence-electron chi connectivity index (χ4n) is 4.36. The molecule has 3 aliphatic heterocycles. The normalized spacial score (nSPS) is 28.1. The number of amides is 1. The van der Waals surface area contributed by atoms with E-state index in [4.69, 9.17) is 0 Å². The van der Waals surface area contributed by atoms with Crippen molar-refractivity contribution in [2.24, 2.45) is 13.0 Å². The van der Waals surface area contributed by atoms with Gasteiger partial charge < -0.3 is 9.88 Å². The smallest absolute Gasteiger partial charge is 0.268 e. The molecule has 132 valence electrons. The average Bonchev–Trinajstić information content (AvgIpc) is 3.00. The zero-order valence-electron chi connectivity index (χ0n) is 14.6. The van der Waals surface area contributed by atoms with Gasteiger partial charge in [0.25, 0.3) is 5.91 Å². The summed E-state index contributed by atoms with van der Waals surface area (Å²) < 4.78 is 15.8. The first-order valence-corrected chi connectivity index (χ1v) is 8.87. The fourth-order valence-corrected chi connectivity index (χ4v) is 4.36. The number of nitrogens with zero attached hydrogens (tertiary/aromatic N) is 3. The minimum absolute atomic E-state index is 0.0891. The molecule has 0 unspecified atom stereocenters. The molecule has 0 aliphatic carbocycles.